The van der Waals surface area contributed by atoms with E-state index in [1.807, 2.05) is 40.8 Å². The Morgan fingerprint density at radius 1 is 1.22 bits per heavy atom. The van der Waals surface area contributed by atoms with Gasteiger partial charge in [0, 0.05) is 23.8 Å². The fraction of sp³-hybridized carbons (Fsp3) is 0.346. The molecule has 9 nitrogen and oxygen atoms in total. The van der Waals surface area contributed by atoms with E-state index in [0.29, 0.717) is 36.3 Å². The van der Waals surface area contributed by atoms with Crippen LogP contribution in [0.15, 0.2) is 64.4 Å². The smallest absolute Gasteiger partial charge is 0.269 e. The summed E-state index contributed by atoms with van der Waals surface area (Å²) in [5, 5.41) is 0. The molecule has 3 heterocycles. The summed E-state index contributed by atoms with van der Waals surface area (Å²) in [4.78, 5) is 34.0. The van der Waals surface area contributed by atoms with Gasteiger partial charge < -0.3 is 14.6 Å². The van der Waals surface area contributed by atoms with Crippen LogP contribution < -0.4 is 19.9 Å². The lowest BCUT2D eigenvalue weighted by atomic mass is 9.97. The average Bonchev–Trinajstić information content (AvgIpc) is 3.10. The van der Waals surface area contributed by atoms with Crippen molar-refractivity contribution in [3.63, 3.8) is 0 Å². The van der Waals surface area contributed by atoms with Crippen molar-refractivity contribution in [2.24, 2.45) is 5.92 Å². The molecule has 36 heavy (non-hydrogen) atoms. The Labute approximate surface area is 210 Å². The zero-order valence-corrected chi connectivity index (χ0v) is 21.6. The highest BCUT2D eigenvalue weighted by molar-refractivity contribution is 7.90. The summed E-state index contributed by atoms with van der Waals surface area (Å²) in [5.41, 5.74) is 0.430. The fourth-order valence-electron chi connectivity index (χ4n) is 4.71. The molecule has 0 unspecified atom stereocenters. The summed E-state index contributed by atoms with van der Waals surface area (Å²) in [5.74, 6) is 0.591. The summed E-state index contributed by atoms with van der Waals surface area (Å²) in [7, 11) is -4.40. The highest BCUT2D eigenvalue weighted by Crippen LogP contribution is 2.38. The van der Waals surface area contributed by atoms with Crippen molar-refractivity contribution in [3.05, 3.63) is 70.6 Å². The average molecular weight is 511 g/mol. The van der Waals surface area contributed by atoms with E-state index in [-0.39, 0.29) is 11.1 Å². The molecule has 1 saturated heterocycles. The van der Waals surface area contributed by atoms with Crippen LogP contribution >= 0.6 is 0 Å². The van der Waals surface area contributed by atoms with Gasteiger partial charge in [-0.1, -0.05) is 19.1 Å². The number of anilines is 1. The van der Waals surface area contributed by atoms with Gasteiger partial charge in [-0.3, -0.25) is 9.59 Å². The van der Waals surface area contributed by atoms with Crippen LogP contribution in [0.4, 0.5) is 5.82 Å². The Balaban J connectivity index is 1.78. The second kappa shape index (κ2) is 9.77. The highest BCUT2D eigenvalue weighted by atomic mass is 32.2. The molecule has 1 aromatic carbocycles. The van der Waals surface area contributed by atoms with Crippen molar-refractivity contribution >= 4 is 21.7 Å². The van der Waals surface area contributed by atoms with Gasteiger partial charge in [-0.2, -0.15) is 0 Å². The molecule has 4 rings (SSSR count). The number of nitrogens with zero attached hydrogens (tertiary/aromatic N) is 2. The number of H-pyrrole nitrogens is 1. The third kappa shape index (κ3) is 5.13. The fourth-order valence-corrected chi connectivity index (χ4v) is 5.74. The largest absolute Gasteiger partial charge is 0.494 e. The maximum Gasteiger partial charge on any atom is 0.269 e. The highest BCUT2D eigenvalue weighted by Gasteiger charge is 2.39. The molecule has 1 atom stereocenters. The third-order valence-corrected chi connectivity index (χ3v) is 7.54. The molecule has 1 fully saturated rings. The van der Waals surface area contributed by atoms with Gasteiger partial charge in [0.05, 0.1) is 17.9 Å². The summed E-state index contributed by atoms with van der Waals surface area (Å²) in [6.07, 6.45) is 2.21. The first-order valence-electron chi connectivity index (χ1n) is 11.8. The first kappa shape index (κ1) is 25.4. The Kier molecular flexibility index (Phi) is 6.90. The molecule has 10 heteroatoms. The van der Waals surface area contributed by atoms with Gasteiger partial charge >= 0.3 is 0 Å². The van der Waals surface area contributed by atoms with Crippen LogP contribution in [-0.4, -0.2) is 43.0 Å². The molecule has 0 aliphatic carbocycles. The lowest BCUT2D eigenvalue weighted by Gasteiger charge is -2.34. The number of sulfonamides is 1. The van der Waals surface area contributed by atoms with E-state index in [0.717, 1.165) is 18.1 Å². The molecule has 1 aliphatic heterocycles. The molecule has 0 spiro atoms. The number of hydrogen-bond donors (Lipinski definition) is 2. The third-order valence-electron chi connectivity index (χ3n) is 6.19. The number of aromatic nitrogens is 2. The topological polar surface area (TPSA) is 121 Å². The molecule has 0 bridgehead atoms. The van der Waals surface area contributed by atoms with Gasteiger partial charge in [0.25, 0.3) is 21.5 Å². The number of rotatable bonds is 7. The van der Waals surface area contributed by atoms with Crippen molar-refractivity contribution in [2.75, 3.05) is 18.1 Å². The van der Waals surface area contributed by atoms with Crippen molar-refractivity contribution in [1.82, 2.24) is 14.7 Å². The Morgan fingerprint density at radius 2 is 2.00 bits per heavy atom. The van der Waals surface area contributed by atoms with Crippen LogP contribution in [0.25, 0.3) is 11.3 Å². The number of pyridine rings is 2. The lowest BCUT2D eigenvalue weighted by molar-refractivity contribution is 0.0981. The van der Waals surface area contributed by atoms with E-state index >= 15 is 0 Å². The lowest BCUT2D eigenvalue weighted by Crippen LogP contribution is -2.41. The second-order valence-corrected chi connectivity index (χ2v) is 11.2. The van der Waals surface area contributed by atoms with Crippen LogP contribution in [0.5, 0.6) is 5.75 Å². The van der Waals surface area contributed by atoms with Crippen molar-refractivity contribution in [2.45, 2.75) is 44.6 Å². The van der Waals surface area contributed by atoms with Gasteiger partial charge in [-0.15, -0.1) is 0 Å². The first-order valence-corrected chi connectivity index (χ1v) is 13.3. The van der Waals surface area contributed by atoms with Crippen LogP contribution in [0.3, 0.4) is 0 Å². The monoisotopic (exact) mass is 510 g/mol. The van der Waals surface area contributed by atoms with Crippen LogP contribution in [0.1, 0.15) is 44.5 Å². The standard InChI is InChI=1S/C26H30N4O5S/c1-5-35-19-9-6-8-18(14-19)21-12-11-20(23(28-21)30-16-17(2)15-26(30,3)4)24(31)29-36(33,34)22-10-7-13-27-25(22)32/h6-14,17H,5,15-16H2,1-4H3,(H,27,32)(H,29,31)/t17-/m0/s1. The summed E-state index contributed by atoms with van der Waals surface area (Å²) >= 11 is 0. The molecular formula is C26H30N4O5S. The molecule has 1 aliphatic rings. The maximum atomic E-state index is 13.3. The Morgan fingerprint density at radius 3 is 2.67 bits per heavy atom. The number of carbonyl (C=O) groups is 1. The minimum absolute atomic E-state index is 0.109. The van der Waals surface area contributed by atoms with E-state index in [2.05, 4.69) is 25.8 Å². The maximum absolute atomic E-state index is 13.3. The molecular weight excluding hydrogens is 480 g/mol. The van der Waals surface area contributed by atoms with Gasteiger partial charge in [0.2, 0.25) is 0 Å². The van der Waals surface area contributed by atoms with E-state index in [1.165, 1.54) is 12.3 Å². The number of benzene rings is 1. The molecule has 3 aromatic rings. The predicted octanol–water partition coefficient (Wildman–Crippen LogP) is 3.58. The summed E-state index contributed by atoms with van der Waals surface area (Å²) in [6, 6.07) is 13.3. The summed E-state index contributed by atoms with van der Waals surface area (Å²) in [6.45, 7) is 9.37. The molecule has 2 aromatic heterocycles. The van der Waals surface area contributed by atoms with Crippen molar-refractivity contribution < 1.29 is 17.9 Å². The van der Waals surface area contributed by atoms with E-state index in [9.17, 15) is 18.0 Å². The predicted molar refractivity (Wildman–Crippen MR) is 138 cm³/mol. The molecule has 0 radical (unpaired) electrons. The van der Waals surface area contributed by atoms with Crippen molar-refractivity contribution in [1.29, 1.82) is 0 Å². The number of hydrogen-bond acceptors (Lipinski definition) is 7. The SMILES string of the molecule is CCOc1cccc(-c2ccc(C(=O)NS(=O)(=O)c3ccc[nH]c3=O)c(N3C[C@@H](C)CC3(C)C)n2)c1. The van der Waals surface area contributed by atoms with Crippen molar-refractivity contribution in [3.8, 4) is 17.0 Å². The van der Waals surface area contributed by atoms with E-state index in [4.69, 9.17) is 9.72 Å². The van der Waals surface area contributed by atoms with Crippen LogP contribution in [0.2, 0.25) is 0 Å². The number of aromatic amines is 1. The minimum Gasteiger partial charge on any atom is -0.494 e. The number of ether oxygens (including phenoxy) is 1. The zero-order valence-electron chi connectivity index (χ0n) is 20.7. The Hall–Kier alpha value is -3.66. The van der Waals surface area contributed by atoms with E-state index in [1.54, 1.807) is 12.1 Å². The zero-order chi connectivity index (χ0) is 26.1. The van der Waals surface area contributed by atoms with Crippen LogP contribution in [-0.2, 0) is 10.0 Å². The minimum atomic E-state index is -4.40. The molecule has 2 N–H and O–H groups in total. The van der Waals surface area contributed by atoms with Gasteiger partial charge in [-0.05, 0) is 69.5 Å². The van der Waals surface area contributed by atoms with E-state index < -0.39 is 26.4 Å². The number of nitrogens with one attached hydrogen (secondary N) is 2. The van der Waals surface area contributed by atoms with Gasteiger partial charge in [0.15, 0.2) is 4.90 Å². The normalized spacial score (nSPS) is 17.1. The number of carbonyl (C=O) groups excluding carboxylic acids is 1. The molecule has 0 saturated carbocycles. The number of amides is 1. The first-order chi connectivity index (χ1) is 17.0. The van der Waals surface area contributed by atoms with Gasteiger partial charge in [0.1, 0.15) is 11.6 Å². The second-order valence-electron chi connectivity index (χ2n) is 9.56. The quantitative estimate of drug-likeness (QED) is 0.498. The summed E-state index contributed by atoms with van der Waals surface area (Å²) < 4.78 is 33.3. The molecule has 1 amide bonds. The Bertz CT molecular complexity index is 1450. The van der Waals surface area contributed by atoms with Gasteiger partial charge in [-0.25, -0.2) is 18.1 Å². The molecule has 190 valence electrons. The van der Waals surface area contributed by atoms with Crippen LogP contribution in [0, 0.1) is 5.92 Å².